The minimum absolute atomic E-state index is 0.122. The maximum Gasteiger partial charge on any atom is 0.446 e. The molecule has 1 nitrogen and oxygen atoms in total. The van der Waals surface area contributed by atoms with Crippen molar-refractivity contribution in [2.45, 2.75) is 10.4 Å². The number of hydrogen-bond donors (Lipinski definition) is 1. The van der Waals surface area contributed by atoms with E-state index in [1.165, 1.54) is 12.1 Å². The Labute approximate surface area is 107 Å². The fraction of sp³-hybridized carbons (Fsp3) is 0.0769. The van der Waals surface area contributed by atoms with Crippen molar-refractivity contribution in [2.75, 3.05) is 5.73 Å². The molecule has 2 aromatic carbocycles. The van der Waals surface area contributed by atoms with Crippen LogP contribution in [-0.2, 0) is 0 Å². The zero-order chi connectivity index (χ0) is 13.2. The monoisotopic (exact) mass is 269 g/mol. The molecule has 0 aromatic heterocycles. The van der Waals surface area contributed by atoms with E-state index in [-0.39, 0.29) is 16.7 Å². The van der Waals surface area contributed by atoms with Gasteiger partial charge in [0.15, 0.2) is 0 Å². The van der Waals surface area contributed by atoms with Crippen LogP contribution in [0.3, 0.4) is 0 Å². The van der Waals surface area contributed by atoms with Gasteiger partial charge in [-0.2, -0.15) is 13.2 Å². The molecule has 18 heavy (non-hydrogen) atoms. The van der Waals surface area contributed by atoms with E-state index in [9.17, 15) is 13.2 Å². The molecule has 0 heterocycles. The third kappa shape index (κ3) is 3.20. The largest absolute Gasteiger partial charge is 0.446 e. The van der Waals surface area contributed by atoms with Crippen LogP contribution < -0.4 is 5.73 Å². The number of para-hydroxylation sites is 1. The lowest BCUT2D eigenvalue weighted by Gasteiger charge is -2.08. The molecule has 0 atom stereocenters. The average Bonchev–Trinajstić information content (AvgIpc) is 2.29. The van der Waals surface area contributed by atoms with Crippen molar-refractivity contribution in [2.24, 2.45) is 0 Å². The van der Waals surface area contributed by atoms with Crippen LogP contribution in [0.1, 0.15) is 0 Å². The van der Waals surface area contributed by atoms with Gasteiger partial charge >= 0.3 is 5.51 Å². The summed E-state index contributed by atoms with van der Waals surface area (Å²) in [6, 6.07) is 13.4. The number of nitrogen functional groups attached to an aromatic ring is 1. The van der Waals surface area contributed by atoms with Gasteiger partial charge in [0.25, 0.3) is 0 Å². The van der Waals surface area contributed by atoms with E-state index >= 15 is 0 Å². The number of thioether (sulfide) groups is 1. The van der Waals surface area contributed by atoms with E-state index in [0.29, 0.717) is 5.69 Å². The highest BCUT2D eigenvalue weighted by atomic mass is 32.2. The van der Waals surface area contributed by atoms with Crippen LogP contribution in [0.5, 0.6) is 0 Å². The molecule has 0 radical (unpaired) electrons. The Hall–Kier alpha value is -1.62. The summed E-state index contributed by atoms with van der Waals surface area (Å²) >= 11 is -0.122. The second kappa shape index (κ2) is 4.94. The van der Waals surface area contributed by atoms with Gasteiger partial charge in [-0.25, -0.2) is 0 Å². The molecule has 0 bridgehead atoms. The molecule has 0 amide bonds. The molecular weight excluding hydrogens is 259 g/mol. The van der Waals surface area contributed by atoms with Gasteiger partial charge in [-0.3, -0.25) is 0 Å². The Bertz CT molecular complexity index is 535. The molecule has 2 aromatic rings. The smallest absolute Gasteiger partial charge is 0.398 e. The first-order chi connectivity index (χ1) is 8.46. The van der Waals surface area contributed by atoms with Gasteiger partial charge in [0.1, 0.15) is 0 Å². The van der Waals surface area contributed by atoms with Crippen LogP contribution in [0.25, 0.3) is 11.1 Å². The van der Waals surface area contributed by atoms with Gasteiger partial charge < -0.3 is 5.73 Å². The molecule has 0 aliphatic heterocycles. The van der Waals surface area contributed by atoms with Crippen LogP contribution in [-0.4, -0.2) is 5.51 Å². The van der Waals surface area contributed by atoms with E-state index in [4.69, 9.17) is 5.73 Å². The minimum Gasteiger partial charge on any atom is -0.398 e. The predicted octanol–water partition coefficient (Wildman–Crippen LogP) is 4.55. The van der Waals surface area contributed by atoms with Gasteiger partial charge in [0, 0.05) is 16.1 Å². The lowest BCUT2D eigenvalue weighted by atomic mass is 10.0. The van der Waals surface area contributed by atoms with Gasteiger partial charge in [-0.1, -0.05) is 30.3 Å². The summed E-state index contributed by atoms with van der Waals surface area (Å²) < 4.78 is 36.5. The molecule has 2 rings (SSSR count). The Morgan fingerprint density at radius 1 is 0.889 bits per heavy atom. The Balaban J connectivity index is 2.26. The number of hydrogen-bond acceptors (Lipinski definition) is 2. The molecule has 2 N–H and O–H groups in total. The van der Waals surface area contributed by atoms with Gasteiger partial charge in [0.2, 0.25) is 0 Å². The first-order valence-corrected chi connectivity index (χ1v) is 5.98. The Kier molecular flexibility index (Phi) is 3.52. The first-order valence-electron chi connectivity index (χ1n) is 5.16. The highest BCUT2D eigenvalue weighted by molar-refractivity contribution is 8.00. The van der Waals surface area contributed by atoms with E-state index in [2.05, 4.69) is 0 Å². The van der Waals surface area contributed by atoms with E-state index in [0.717, 1.165) is 11.1 Å². The van der Waals surface area contributed by atoms with E-state index in [1.807, 2.05) is 18.2 Å². The second-order valence-corrected chi connectivity index (χ2v) is 4.80. The molecule has 0 saturated heterocycles. The fourth-order valence-corrected chi connectivity index (χ4v) is 2.14. The van der Waals surface area contributed by atoms with Crippen molar-refractivity contribution in [3.05, 3.63) is 48.5 Å². The summed E-state index contributed by atoms with van der Waals surface area (Å²) in [4.78, 5) is 0.167. The van der Waals surface area contributed by atoms with Crippen molar-refractivity contribution in [1.29, 1.82) is 0 Å². The van der Waals surface area contributed by atoms with Crippen LogP contribution in [0.2, 0.25) is 0 Å². The summed E-state index contributed by atoms with van der Waals surface area (Å²) in [5.74, 6) is 0. The molecule has 0 fully saturated rings. The molecule has 0 aliphatic rings. The van der Waals surface area contributed by atoms with Crippen LogP contribution in [0, 0.1) is 0 Å². The van der Waals surface area contributed by atoms with Crippen LogP contribution >= 0.6 is 11.8 Å². The molecule has 0 spiro atoms. The zero-order valence-corrected chi connectivity index (χ0v) is 10.1. The standard InChI is InChI=1S/C13H10F3NS/c14-13(15,16)18-10-7-5-9(6-8-10)11-3-1-2-4-12(11)17/h1-8H,17H2. The van der Waals surface area contributed by atoms with Crippen molar-refractivity contribution >= 4 is 17.4 Å². The van der Waals surface area contributed by atoms with Crippen LogP contribution in [0.15, 0.2) is 53.4 Å². The Morgan fingerprint density at radius 3 is 2.06 bits per heavy atom. The third-order valence-electron chi connectivity index (χ3n) is 2.36. The maximum absolute atomic E-state index is 12.2. The number of halogens is 3. The number of alkyl halides is 3. The summed E-state index contributed by atoms with van der Waals surface area (Å²) in [5.41, 5.74) is 3.78. The molecule has 0 aliphatic carbocycles. The Morgan fingerprint density at radius 2 is 1.50 bits per heavy atom. The summed E-state index contributed by atoms with van der Waals surface area (Å²) in [7, 11) is 0. The molecule has 0 saturated carbocycles. The number of benzene rings is 2. The highest BCUT2D eigenvalue weighted by Gasteiger charge is 2.28. The molecule has 0 unspecified atom stereocenters. The van der Waals surface area contributed by atoms with E-state index < -0.39 is 5.51 Å². The molecule has 94 valence electrons. The average molecular weight is 269 g/mol. The predicted molar refractivity (Wildman–Crippen MR) is 68.2 cm³/mol. The number of rotatable bonds is 2. The van der Waals surface area contributed by atoms with Crippen molar-refractivity contribution in [3.8, 4) is 11.1 Å². The zero-order valence-electron chi connectivity index (χ0n) is 9.24. The number of anilines is 1. The lowest BCUT2D eigenvalue weighted by molar-refractivity contribution is -0.0328. The van der Waals surface area contributed by atoms with Crippen molar-refractivity contribution < 1.29 is 13.2 Å². The molecule has 5 heteroatoms. The summed E-state index contributed by atoms with van der Waals surface area (Å²) in [5, 5.41) is 0. The SMILES string of the molecule is Nc1ccccc1-c1ccc(SC(F)(F)F)cc1. The highest BCUT2D eigenvalue weighted by Crippen LogP contribution is 2.37. The quantitative estimate of drug-likeness (QED) is 0.639. The van der Waals surface area contributed by atoms with Gasteiger partial charge in [0.05, 0.1) is 0 Å². The fourth-order valence-electron chi connectivity index (χ4n) is 1.60. The maximum atomic E-state index is 12.2. The summed E-state index contributed by atoms with van der Waals surface area (Å²) in [6.45, 7) is 0. The number of nitrogens with two attached hydrogens (primary N) is 1. The minimum atomic E-state index is -4.26. The van der Waals surface area contributed by atoms with Gasteiger partial charge in [-0.05, 0) is 35.5 Å². The third-order valence-corrected chi connectivity index (χ3v) is 3.10. The first kappa shape index (κ1) is 12.8. The lowest BCUT2D eigenvalue weighted by Crippen LogP contribution is -1.98. The van der Waals surface area contributed by atoms with Gasteiger partial charge in [-0.15, -0.1) is 0 Å². The van der Waals surface area contributed by atoms with E-state index in [1.54, 1.807) is 18.2 Å². The normalized spacial score (nSPS) is 11.5. The van der Waals surface area contributed by atoms with Crippen LogP contribution in [0.4, 0.5) is 18.9 Å². The topological polar surface area (TPSA) is 26.0 Å². The summed E-state index contributed by atoms with van der Waals surface area (Å²) in [6.07, 6.45) is 0. The van der Waals surface area contributed by atoms with Crippen molar-refractivity contribution in [3.63, 3.8) is 0 Å². The molecular formula is C13H10F3NS. The second-order valence-electron chi connectivity index (χ2n) is 3.66. The van der Waals surface area contributed by atoms with Crippen molar-refractivity contribution in [1.82, 2.24) is 0 Å².